The number of carbonyl (C=O) groups is 1. The number of aryl methyl sites for hydroxylation is 2. The number of likely N-dealkylation sites (tertiary alicyclic amines) is 1. The van der Waals surface area contributed by atoms with Crippen LogP contribution in [0, 0.1) is 13.8 Å². The fourth-order valence-corrected chi connectivity index (χ4v) is 5.69. The maximum absolute atomic E-state index is 12.8. The quantitative estimate of drug-likeness (QED) is 0.167. The fraction of sp³-hybridized carbons (Fsp3) is 0.265. The standard InChI is InChI=1S/C24H24F3N3O4.C10H8ClNO/c1-14-9-22(28-19-8-5-16(31)11-18(14)19)29-20-12-30(13-21(20)33-2)23(32)10-15-3-6-17(7-4-15)34-24(25,26)27;1-6-4-10(11)12-9-3-2-7(13)5-8(6)9/h3-9,11,20-21,31H,10,12-13H2,1-2H3,(H,28,29);2-5,13H,1H3/t20-,21-;/m1./s1. The molecule has 2 atom stereocenters. The second-order valence-electron chi connectivity index (χ2n) is 11.2. The Balaban J connectivity index is 0.000000277. The van der Waals surface area contributed by atoms with Crippen molar-refractivity contribution in [2.45, 2.75) is 38.8 Å². The number of hydrogen-bond acceptors (Lipinski definition) is 8. The largest absolute Gasteiger partial charge is 0.573 e. The molecule has 0 unspecified atom stereocenters. The fourth-order valence-electron chi connectivity index (χ4n) is 5.44. The molecular formula is C34H32ClF3N4O5. The normalized spacial score (nSPS) is 16.2. The summed E-state index contributed by atoms with van der Waals surface area (Å²) in [5, 5.41) is 24.6. The summed E-state index contributed by atoms with van der Waals surface area (Å²) in [4.78, 5) is 23.2. The molecule has 0 saturated carbocycles. The SMILES string of the molecule is CO[C@@H]1CN(C(=O)Cc2ccc(OC(F)(F)F)cc2)C[C@H]1Nc1cc(C)c2cc(O)ccc2n1.Cc1cc(Cl)nc2ccc(O)cc12. The Labute approximate surface area is 273 Å². The highest BCUT2D eigenvalue weighted by molar-refractivity contribution is 6.29. The molecule has 246 valence electrons. The van der Waals surface area contributed by atoms with Crippen LogP contribution in [0.15, 0.2) is 72.8 Å². The van der Waals surface area contributed by atoms with Gasteiger partial charge in [-0.2, -0.15) is 0 Å². The number of ether oxygens (including phenoxy) is 2. The molecule has 5 aromatic rings. The number of phenolic OH excluding ortho intramolecular Hbond substituents is 2. The predicted octanol–water partition coefficient (Wildman–Crippen LogP) is 6.93. The number of aromatic nitrogens is 2. The molecular weight excluding hydrogens is 637 g/mol. The van der Waals surface area contributed by atoms with Crippen molar-refractivity contribution in [2.24, 2.45) is 0 Å². The number of alkyl halides is 3. The third kappa shape index (κ3) is 8.52. The summed E-state index contributed by atoms with van der Waals surface area (Å²) >= 11 is 5.79. The number of rotatable bonds is 6. The summed E-state index contributed by atoms with van der Waals surface area (Å²) in [7, 11) is 1.58. The third-order valence-electron chi connectivity index (χ3n) is 7.73. The first-order valence-electron chi connectivity index (χ1n) is 14.6. The number of halogens is 4. The number of nitrogens with one attached hydrogen (secondary N) is 1. The lowest BCUT2D eigenvalue weighted by Crippen LogP contribution is -2.34. The van der Waals surface area contributed by atoms with Gasteiger partial charge in [0.25, 0.3) is 0 Å². The maximum Gasteiger partial charge on any atom is 0.573 e. The highest BCUT2D eigenvalue weighted by atomic mass is 35.5. The smallest absolute Gasteiger partial charge is 0.508 e. The molecule has 1 fully saturated rings. The van der Waals surface area contributed by atoms with Crippen LogP contribution in [-0.2, 0) is 16.0 Å². The highest BCUT2D eigenvalue weighted by Crippen LogP contribution is 2.27. The van der Waals surface area contributed by atoms with E-state index < -0.39 is 6.36 Å². The summed E-state index contributed by atoms with van der Waals surface area (Å²) in [5.41, 5.74) is 4.09. The molecule has 0 aliphatic carbocycles. The Morgan fingerprint density at radius 1 is 0.915 bits per heavy atom. The van der Waals surface area contributed by atoms with Crippen LogP contribution in [0.2, 0.25) is 5.15 Å². The van der Waals surface area contributed by atoms with Gasteiger partial charge in [-0.25, -0.2) is 9.97 Å². The van der Waals surface area contributed by atoms with Gasteiger partial charge in [0.05, 0.1) is 29.6 Å². The number of hydrogen-bond donors (Lipinski definition) is 3. The van der Waals surface area contributed by atoms with E-state index in [9.17, 15) is 28.2 Å². The second kappa shape index (κ2) is 13.9. The van der Waals surface area contributed by atoms with E-state index in [-0.39, 0.29) is 41.7 Å². The number of benzene rings is 3. The first-order chi connectivity index (χ1) is 22.3. The van der Waals surface area contributed by atoms with Crippen molar-refractivity contribution < 1.29 is 37.7 Å². The molecule has 1 aliphatic rings. The van der Waals surface area contributed by atoms with Gasteiger partial charge in [-0.3, -0.25) is 4.79 Å². The molecule has 1 aliphatic heterocycles. The monoisotopic (exact) mass is 668 g/mol. The summed E-state index contributed by atoms with van der Waals surface area (Å²) in [5.74, 6) is 0.568. The van der Waals surface area contributed by atoms with Crippen LogP contribution in [0.4, 0.5) is 19.0 Å². The number of pyridine rings is 2. The Morgan fingerprint density at radius 2 is 1.51 bits per heavy atom. The molecule has 0 spiro atoms. The van der Waals surface area contributed by atoms with E-state index in [0.717, 1.165) is 32.9 Å². The molecule has 3 aromatic carbocycles. The summed E-state index contributed by atoms with van der Waals surface area (Å²) < 4.78 is 46.4. The molecule has 6 rings (SSSR count). The lowest BCUT2D eigenvalue weighted by Gasteiger charge is -2.19. The molecule has 0 bridgehead atoms. The van der Waals surface area contributed by atoms with Crippen LogP contribution < -0.4 is 10.1 Å². The van der Waals surface area contributed by atoms with E-state index in [0.29, 0.717) is 29.6 Å². The van der Waals surface area contributed by atoms with E-state index in [2.05, 4.69) is 20.0 Å². The number of amides is 1. The number of methoxy groups -OCH3 is 1. The van der Waals surface area contributed by atoms with Crippen molar-refractivity contribution in [3.8, 4) is 17.2 Å². The van der Waals surface area contributed by atoms with Gasteiger partial charge < -0.3 is 29.9 Å². The average molecular weight is 669 g/mol. The zero-order chi connectivity index (χ0) is 33.9. The predicted molar refractivity (Wildman–Crippen MR) is 173 cm³/mol. The minimum Gasteiger partial charge on any atom is -0.508 e. The van der Waals surface area contributed by atoms with E-state index in [1.807, 2.05) is 19.9 Å². The molecule has 1 amide bonds. The van der Waals surface area contributed by atoms with Crippen molar-refractivity contribution >= 4 is 45.1 Å². The van der Waals surface area contributed by atoms with E-state index in [4.69, 9.17) is 16.3 Å². The molecule has 3 heterocycles. The van der Waals surface area contributed by atoms with Gasteiger partial charge in [-0.05, 0) is 91.2 Å². The molecule has 2 aromatic heterocycles. The van der Waals surface area contributed by atoms with Gasteiger partial charge in [0.2, 0.25) is 5.91 Å². The molecule has 0 radical (unpaired) electrons. The highest BCUT2D eigenvalue weighted by Gasteiger charge is 2.36. The summed E-state index contributed by atoms with van der Waals surface area (Å²) in [6.07, 6.45) is -4.97. The first kappa shape index (κ1) is 33.6. The summed E-state index contributed by atoms with van der Waals surface area (Å²) in [6.45, 7) is 4.64. The topological polar surface area (TPSA) is 117 Å². The number of nitrogens with zero attached hydrogens (tertiary/aromatic N) is 3. The van der Waals surface area contributed by atoms with Crippen LogP contribution >= 0.6 is 11.6 Å². The Morgan fingerprint density at radius 3 is 2.11 bits per heavy atom. The van der Waals surface area contributed by atoms with Gasteiger partial charge >= 0.3 is 6.36 Å². The van der Waals surface area contributed by atoms with Gasteiger partial charge in [-0.1, -0.05) is 23.7 Å². The lowest BCUT2D eigenvalue weighted by molar-refractivity contribution is -0.274. The number of phenols is 2. The zero-order valence-corrected chi connectivity index (χ0v) is 26.4. The Kier molecular flexibility index (Phi) is 9.92. The molecule has 13 heteroatoms. The third-order valence-corrected chi connectivity index (χ3v) is 7.93. The van der Waals surface area contributed by atoms with Crippen molar-refractivity contribution in [2.75, 3.05) is 25.5 Å². The molecule has 1 saturated heterocycles. The van der Waals surface area contributed by atoms with Crippen LogP contribution in [0.3, 0.4) is 0 Å². The molecule has 47 heavy (non-hydrogen) atoms. The lowest BCUT2D eigenvalue weighted by atomic mass is 10.1. The Bertz CT molecular complexity index is 1910. The minimum absolute atomic E-state index is 0.0479. The van der Waals surface area contributed by atoms with E-state index >= 15 is 0 Å². The van der Waals surface area contributed by atoms with Crippen molar-refractivity contribution in [1.29, 1.82) is 0 Å². The van der Waals surface area contributed by atoms with Gasteiger partial charge in [-0.15, -0.1) is 13.2 Å². The first-order valence-corrected chi connectivity index (χ1v) is 14.9. The van der Waals surface area contributed by atoms with Crippen LogP contribution in [0.5, 0.6) is 17.2 Å². The van der Waals surface area contributed by atoms with Crippen LogP contribution in [0.25, 0.3) is 21.8 Å². The maximum atomic E-state index is 12.8. The van der Waals surface area contributed by atoms with Gasteiger partial charge in [0.15, 0.2) is 0 Å². The minimum atomic E-state index is -4.76. The number of anilines is 1. The zero-order valence-electron chi connectivity index (χ0n) is 25.7. The molecule has 9 nitrogen and oxygen atoms in total. The van der Waals surface area contributed by atoms with Gasteiger partial charge in [0.1, 0.15) is 28.2 Å². The van der Waals surface area contributed by atoms with Crippen LogP contribution in [-0.4, -0.2) is 69.7 Å². The van der Waals surface area contributed by atoms with Crippen molar-refractivity contribution in [1.82, 2.24) is 14.9 Å². The number of carbonyl (C=O) groups excluding carboxylic acids is 1. The van der Waals surface area contributed by atoms with E-state index in [1.165, 1.54) is 24.3 Å². The average Bonchev–Trinajstić information content (AvgIpc) is 3.41. The Hall–Kier alpha value is -4.81. The van der Waals surface area contributed by atoms with E-state index in [1.54, 1.807) is 54.5 Å². The second-order valence-corrected chi connectivity index (χ2v) is 11.6. The van der Waals surface area contributed by atoms with Crippen molar-refractivity contribution in [3.63, 3.8) is 0 Å². The number of aromatic hydroxyl groups is 2. The molecule has 3 N–H and O–H groups in total. The van der Waals surface area contributed by atoms with Crippen molar-refractivity contribution in [3.05, 3.63) is 94.6 Å². The van der Waals surface area contributed by atoms with Gasteiger partial charge in [0, 0.05) is 31.0 Å². The summed E-state index contributed by atoms with van der Waals surface area (Å²) in [6, 6.07) is 18.8. The van der Waals surface area contributed by atoms with Crippen LogP contribution in [0.1, 0.15) is 16.7 Å². The number of fused-ring (bicyclic) bond motifs is 2.